The molecule has 110 valence electrons. The van der Waals surface area contributed by atoms with Crippen LogP contribution in [-0.4, -0.2) is 37.9 Å². The molecule has 0 aromatic carbocycles. The lowest BCUT2D eigenvalue weighted by molar-refractivity contribution is 0.311. The first-order valence-electron chi connectivity index (χ1n) is 6.34. The number of hydrogen-bond acceptors (Lipinski definition) is 3. The van der Waals surface area contributed by atoms with Crippen LogP contribution in [0.1, 0.15) is 26.5 Å². The zero-order valence-corrected chi connectivity index (χ0v) is 13.5. The van der Waals surface area contributed by atoms with Gasteiger partial charge in [-0.05, 0) is 18.5 Å². The summed E-state index contributed by atoms with van der Waals surface area (Å²) in [5.74, 6) is 0. The van der Waals surface area contributed by atoms with Crippen LogP contribution in [0.3, 0.4) is 0 Å². The molecule has 0 radical (unpaired) electrons. The van der Waals surface area contributed by atoms with Crippen molar-refractivity contribution >= 4 is 10.0 Å². The van der Waals surface area contributed by atoms with E-state index >= 15 is 0 Å². The van der Waals surface area contributed by atoms with Gasteiger partial charge in [0.15, 0.2) is 0 Å². The van der Waals surface area contributed by atoms with Crippen molar-refractivity contribution in [2.45, 2.75) is 32.2 Å². The van der Waals surface area contributed by atoms with Crippen molar-refractivity contribution in [3.8, 4) is 0 Å². The molecular weight excluding hydrogens is 262 g/mol. The van der Waals surface area contributed by atoms with Gasteiger partial charge in [0.25, 0.3) is 0 Å². The molecule has 0 aliphatic rings. The monoisotopic (exact) mass is 287 g/mol. The quantitative estimate of drug-likeness (QED) is 0.891. The van der Waals surface area contributed by atoms with Crippen LogP contribution in [-0.2, 0) is 23.6 Å². The molecule has 5 nitrogen and oxygen atoms in total. The van der Waals surface area contributed by atoms with Crippen LogP contribution >= 0.6 is 0 Å². The maximum absolute atomic E-state index is 12.5. The van der Waals surface area contributed by atoms with Gasteiger partial charge in [-0.15, -0.1) is 0 Å². The van der Waals surface area contributed by atoms with Gasteiger partial charge in [0.05, 0.1) is 0 Å². The fraction of sp³-hybridized carbons (Fsp3) is 0.692. The van der Waals surface area contributed by atoms with Gasteiger partial charge >= 0.3 is 0 Å². The summed E-state index contributed by atoms with van der Waals surface area (Å²) in [5.41, 5.74) is 0.884. The first-order chi connectivity index (χ1) is 8.58. The van der Waals surface area contributed by atoms with Crippen molar-refractivity contribution in [2.75, 3.05) is 20.6 Å². The second-order valence-corrected chi connectivity index (χ2v) is 8.18. The smallest absolute Gasteiger partial charge is 0.244 e. The summed E-state index contributed by atoms with van der Waals surface area (Å²) in [6.45, 7) is 7.21. The van der Waals surface area contributed by atoms with Gasteiger partial charge in [-0.25, -0.2) is 12.7 Å². The minimum absolute atomic E-state index is 0.0651. The SMILES string of the molecule is CNCc1cc(S(=O)(=O)N(C)CC(C)(C)C)cn1C. The molecule has 1 aromatic heterocycles. The van der Waals surface area contributed by atoms with Crippen LogP contribution < -0.4 is 5.32 Å². The summed E-state index contributed by atoms with van der Waals surface area (Å²) in [6.07, 6.45) is 1.67. The Bertz CT molecular complexity index is 527. The van der Waals surface area contributed by atoms with E-state index in [2.05, 4.69) is 5.32 Å². The van der Waals surface area contributed by atoms with Crippen molar-refractivity contribution in [2.24, 2.45) is 12.5 Å². The Morgan fingerprint density at radius 1 is 1.37 bits per heavy atom. The average Bonchev–Trinajstić information content (AvgIpc) is 2.59. The maximum atomic E-state index is 12.5. The van der Waals surface area contributed by atoms with E-state index in [1.165, 1.54) is 4.31 Å². The Labute approximate surface area is 116 Å². The molecule has 1 rings (SSSR count). The molecule has 0 unspecified atom stereocenters. The van der Waals surface area contributed by atoms with E-state index in [1.54, 1.807) is 19.3 Å². The van der Waals surface area contributed by atoms with Gasteiger partial charge in [-0.2, -0.15) is 0 Å². The highest BCUT2D eigenvalue weighted by atomic mass is 32.2. The molecule has 19 heavy (non-hydrogen) atoms. The Kier molecular flexibility index (Phi) is 4.81. The molecule has 0 atom stereocenters. The van der Waals surface area contributed by atoms with Crippen LogP contribution in [0.5, 0.6) is 0 Å². The van der Waals surface area contributed by atoms with Crippen molar-refractivity contribution < 1.29 is 8.42 Å². The minimum atomic E-state index is -3.41. The minimum Gasteiger partial charge on any atom is -0.352 e. The van der Waals surface area contributed by atoms with Gasteiger partial charge in [0, 0.05) is 39.1 Å². The van der Waals surface area contributed by atoms with E-state index in [9.17, 15) is 8.42 Å². The molecule has 0 amide bonds. The summed E-state index contributed by atoms with van der Waals surface area (Å²) in [6, 6.07) is 1.73. The first kappa shape index (κ1) is 16.2. The van der Waals surface area contributed by atoms with E-state index in [-0.39, 0.29) is 5.41 Å². The highest BCUT2D eigenvalue weighted by Gasteiger charge is 2.26. The van der Waals surface area contributed by atoms with Gasteiger partial charge in [-0.3, -0.25) is 0 Å². The predicted octanol–water partition coefficient (Wildman–Crippen LogP) is 1.41. The van der Waals surface area contributed by atoms with Crippen molar-refractivity contribution in [3.05, 3.63) is 18.0 Å². The fourth-order valence-corrected chi connectivity index (χ4v) is 3.50. The van der Waals surface area contributed by atoms with Gasteiger partial charge in [-0.1, -0.05) is 20.8 Å². The second-order valence-electron chi connectivity index (χ2n) is 6.13. The molecule has 0 aliphatic carbocycles. The predicted molar refractivity (Wildman–Crippen MR) is 77.4 cm³/mol. The normalized spacial score (nSPS) is 13.2. The number of aromatic nitrogens is 1. The first-order valence-corrected chi connectivity index (χ1v) is 7.78. The van der Waals surface area contributed by atoms with Crippen molar-refractivity contribution in [1.82, 2.24) is 14.2 Å². The number of rotatable bonds is 5. The summed E-state index contributed by atoms with van der Waals surface area (Å²) in [7, 11) is 1.92. The third-order valence-corrected chi connectivity index (χ3v) is 4.61. The average molecular weight is 287 g/mol. The second kappa shape index (κ2) is 5.64. The van der Waals surface area contributed by atoms with Crippen LogP contribution in [0.15, 0.2) is 17.2 Å². The van der Waals surface area contributed by atoms with Crippen LogP contribution in [0.4, 0.5) is 0 Å². The third-order valence-electron chi connectivity index (χ3n) is 2.85. The van der Waals surface area contributed by atoms with Crippen LogP contribution in [0.25, 0.3) is 0 Å². The topological polar surface area (TPSA) is 54.3 Å². The summed E-state index contributed by atoms with van der Waals surface area (Å²) in [5, 5.41) is 3.03. The molecular formula is C13H25N3O2S. The zero-order valence-electron chi connectivity index (χ0n) is 12.7. The molecule has 0 bridgehead atoms. The van der Waals surface area contributed by atoms with Crippen molar-refractivity contribution in [3.63, 3.8) is 0 Å². The highest BCUT2D eigenvalue weighted by Crippen LogP contribution is 2.22. The number of nitrogens with zero attached hydrogens (tertiary/aromatic N) is 2. The maximum Gasteiger partial charge on any atom is 0.244 e. The molecule has 1 N–H and O–H groups in total. The Morgan fingerprint density at radius 2 is 1.95 bits per heavy atom. The summed E-state index contributed by atoms with van der Waals surface area (Å²) in [4.78, 5) is 0.354. The lowest BCUT2D eigenvalue weighted by Gasteiger charge is -2.25. The molecule has 6 heteroatoms. The summed E-state index contributed by atoms with van der Waals surface area (Å²) >= 11 is 0. The largest absolute Gasteiger partial charge is 0.352 e. The lowest BCUT2D eigenvalue weighted by atomic mass is 9.97. The molecule has 0 saturated heterocycles. The van der Waals surface area contributed by atoms with E-state index in [1.807, 2.05) is 39.4 Å². The van der Waals surface area contributed by atoms with E-state index in [4.69, 9.17) is 0 Å². The van der Waals surface area contributed by atoms with Gasteiger partial charge in [0.2, 0.25) is 10.0 Å². The Morgan fingerprint density at radius 3 is 2.42 bits per heavy atom. The number of hydrogen-bond donors (Lipinski definition) is 1. The molecule has 0 aliphatic heterocycles. The third kappa shape index (κ3) is 4.06. The summed E-state index contributed by atoms with van der Waals surface area (Å²) < 4.78 is 28.2. The number of sulfonamides is 1. The Balaban J connectivity index is 3.03. The number of nitrogens with one attached hydrogen (secondary N) is 1. The van der Waals surface area contributed by atoms with Crippen molar-refractivity contribution in [1.29, 1.82) is 0 Å². The molecule has 1 aromatic rings. The van der Waals surface area contributed by atoms with Gasteiger partial charge in [0.1, 0.15) is 4.90 Å². The highest BCUT2D eigenvalue weighted by molar-refractivity contribution is 7.89. The van der Waals surface area contributed by atoms with E-state index < -0.39 is 10.0 Å². The van der Waals surface area contributed by atoms with Gasteiger partial charge < -0.3 is 9.88 Å². The fourth-order valence-electron chi connectivity index (χ4n) is 2.01. The number of aryl methyl sites for hydroxylation is 1. The van der Waals surface area contributed by atoms with E-state index in [0.29, 0.717) is 18.0 Å². The van der Waals surface area contributed by atoms with Crippen LogP contribution in [0, 0.1) is 5.41 Å². The van der Waals surface area contributed by atoms with E-state index in [0.717, 1.165) is 5.69 Å². The van der Waals surface area contributed by atoms with Crippen LogP contribution in [0.2, 0.25) is 0 Å². The zero-order chi connectivity index (χ0) is 14.8. The molecule has 1 heterocycles. The molecule has 0 spiro atoms. The lowest BCUT2D eigenvalue weighted by Crippen LogP contribution is -2.34. The Hall–Kier alpha value is -0.850. The molecule has 0 saturated carbocycles. The molecule has 0 fully saturated rings. The standard InChI is InChI=1S/C13H25N3O2S/c1-13(2,3)10-16(6)19(17,18)12-7-11(8-14-4)15(5)9-12/h7,9,14H,8,10H2,1-6H3.